The van der Waals surface area contributed by atoms with E-state index in [-0.39, 0.29) is 12.5 Å². The Balaban J connectivity index is 2.41. The summed E-state index contributed by atoms with van der Waals surface area (Å²) in [6.45, 7) is 7.49. The third-order valence-electron chi connectivity index (χ3n) is 4.27. The van der Waals surface area contributed by atoms with E-state index in [4.69, 9.17) is 0 Å². The Labute approximate surface area is 141 Å². The molecule has 128 valence electrons. The molecule has 1 unspecified atom stereocenters. The molecule has 0 spiro atoms. The van der Waals surface area contributed by atoms with Gasteiger partial charge in [0.05, 0.1) is 11.8 Å². The topological polar surface area (TPSA) is 84.2 Å². The van der Waals surface area contributed by atoms with Crippen molar-refractivity contribution in [2.75, 3.05) is 0 Å². The Bertz CT molecular complexity index is 737. The summed E-state index contributed by atoms with van der Waals surface area (Å²) in [6.07, 6.45) is 1.72. The Morgan fingerprint density at radius 3 is 2.38 bits per heavy atom. The fraction of sp³-hybridized carbons (Fsp3) is 0.389. The largest absolute Gasteiger partial charge is 0.479 e. The summed E-state index contributed by atoms with van der Waals surface area (Å²) in [4.78, 5) is 24.7. The van der Waals surface area contributed by atoms with Crippen molar-refractivity contribution in [2.24, 2.45) is 0 Å². The number of hydrogen-bond donors (Lipinski definition) is 2. The van der Waals surface area contributed by atoms with E-state index in [1.54, 1.807) is 42.8 Å². The minimum atomic E-state index is -1.47. The molecular formula is C18H23N3O3. The van der Waals surface area contributed by atoms with E-state index < -0.39 is 17.4 Å². The lowest BCUT2D eigenvalue weighted by molar-refractivity contribution is -0.145. The molecule has 0 bridgehead atoms. The van der Waals surface area contributed by atoms with Crippen LogP contribution in [0.3, 0.4) is 0 Å². The van der Waals surface area contributed by atoms with Gasteiger partial charge in [-0.2, -0.15) is 5.10 Å². The van der Waals surface area contributed by atoms with Crippen molar-refractivity contribution in [3.63, 3.8) is 0 Å². The summed E-state index contributed by atoms with van der Waals surface area (Å²) in [5.74, 6) is -1.52. The first kappa shape index (κ1) is 17.7. The zero-order valence-electron chi connectivity index (χ0n) is 14.4. The van der Waals surface area contributed by atoms with Gasteiger partial charge in [0, 0.05) is 11.7 Å². The molecule has 0 aliphatic heterocycles. The van der Waals surface area contributed by atoms with Gasteiger partial charge in [0.2, 0.25) is 0 Å². The molecule has 2 rings (SSSR count). The highest BCUT2D eigenvalue weighted by Crippen LogP contribution is 2.26. The average molecular weight is 329 g/mol. The number of nitrogens with zero attached hydrogens (tertiary/aromatic N) is 2. The molecule has 0 fully saturated rings. The Morgan fingerprint density at radius 2 is 1.92 bits per heavy atom. The second-order valence-electron chi connectivity index (χ2n) is 6.07. The van der Waals surface area contributed by atoms with E-state index >= 15 is 0 Å². The fourth-order valence-electron chi connectivity index (χ4n) is 2.84. The lowest BCUT2D eigenvalue weighted by atomic mass is 9.87. The Morgan fingerprint density at radius 1 is 1.29 bits per heavy atom. The third kappa shape index (κ3) is 3.04. The maximum absolute atomic E-state index is 12.7. The molecule has 1 atom stereocenters. The van der Waals surface area contributed by atoms with Crippen LogP contribution >= 0.6 is 0 Å². The van der Waals surface area contributed by atoms with Gasteiger partial charge in [-0.1, -0.05) is 37.3 Å². The van der Waals surface area contributed by atoms with Crippen LogP contribution in [0.5, 0.6) is 0 Å². The predicted molar refractivity (Wildman–Crippen MR) is 90.9 cm³/mol. The lowest BCUT2D eigenvalue weighted by Crippen LogP contribution is -2.51. The second-order valence-corrected chi connectivity index (χ2v) is 6.07. The van der Waals surface area contributed by atoms with Gasteiger partial charge in [0.1, 0.15) is 0 Å². The highest BCUT2D eigenvalue weighted by atomic mass is 16.4. The summed E-state index contributed by atoms with van der Waals surface area (Å²) in [5.41, 5.74) is 0.178. The molecule has 2 aromatic rings. The van der Waals surface area contributed by atoms with Gasteiger partial charge >= 0.3 is 5.97 Å². The molecular weight excluding hydrogens is 306 g/mol. The van der Waals surface area contributed by atoms with Crippen LogP contribution in [0.4, 0.5) is 0 Å². The molecule has 1 aromatic heterocycles. The maximum Gasteiger partial charge on any atom is 0.334 e. The van der Waals surface area contributed by atoms with Crippen LogP contribution in [-0.4, -0.2) is 26.8 Å². The van der Waals surface area contributed by atoms with Crippen LogP contribution in [0, 0.1) is 6.92 Å². The van der Waals surface area contributed by atoms with Crippen molar-refractivity contribution < 1.29 is 14.7 Å². The number of amides is 1. The molecule has 1 aromatic carbocycles. The van der Waals surface area contributed by atoms with Gasteiger partial charge in [0.15, 0.2) is 5.54 Å². The first-order valence-electron chi connectivity index (χ1n) is 7.99. The van der Waals surface area contributed by atoms with E-state index in [9.17, 15) is 14.7 Å². The predicted octanol–water partition coefficient (Wildman–Crippen LogP) is 2.89. The van der Waals surface area contributed by atoms with Crippen molar-refractivity contribution >= 4 is 11.9 Å². The second kappa shape index (κ2) is 6.86. The summed E-state index contributed by atoms with van der Waals surface area (Å²) in [7, 11) is 0. The standard InChI is InChI=1S/C18H23N3O3/c1-5-18(17(23)24,14-9-7-6-8-10-14)20-16(22)15-11-19-21(12(2)3)13(15)4/h6-12H,5H2,1-4H3,(H,20,22)(H,23,24). The highest BCUT2D eigenvalue weighted by molar-refractivity contribution is 5.98. The lowest BCUT2D eigenvalue weighted by Gasteiger charge is -2.30. The number of carbonyl (C=O) groups excluding carboxylic acids is 1. The SMILES string of the molecule is CCC(NC(=O)c1cnn(C(C)C)c1C)(C(=O)O)c1ccccc1. The smallest absolute Gasteiger partial charge is 0.334 e. The normalized spacial score (nSPS) is 13.5. The molecule has 0 saturated heterocycles. The summed E-state index contributed by atoms with van der Waals surface area (Å²) in [5, 5.41) is 16.7. The number of aliphatic carboxylic acids is 1. The molecule has 0 aliphatic carbocycles. The van der Waals surface area contributed by atoms with E-state index in [0.717, 1.165) is 0 Å². The number of nitrogens with one attached hydrogen (secondary N) is 1. The summed E-state index contributed by atoms with van der Waals surface area (Å²) >= 11 is 0. The number of carbonyl (C=O) groups is 2. The number of aromatic nitrogens is 2. The van der Waals surface area contributed by atoms with Gasteiger partial charge < -0.3 is 10.4 Å². The minimum Gasteiger partial charge on any atom is -0.479 e. The Hall–Kier alpha value is -2.63. The zero-order valence-corrected chi connectivity index (χ0v) is 14.4. The van der Waals surface area contributed by atoms with Crippen molar-refractivity contribution in [2.45, 2.75) is 45.7 Å². The quantitative estimate of drug-likeness (QED) is 0.853. The summed E-state index contributed by atoms with van der Waals surface area (Å²) in [6, 6.07) is 8.87. The third-order valence-corrected chi connectivity index (χ3v) is 4.27. The van der Waals surface area contributed by atoms with Crippen molar-refractivity contribution in [1.29, 1.82) is 0 Å². The number of hydrogen-bond acceptors (Lipinski definition) is 3. The summed E-state index contributed by atoms with van der Waals surface area (Å²) < 4.78 is 1.74. The number of carboxylic acid groups (broad SMARTS) is 1. The molecule has 6 nitrogen and oxygen atoms in total. The molecule has 0 saturated carbocycles. The number of carboxylic acids is 1. The monoisotopic (exact) mass is 329 g/mol. The average Bonchev–Trinajstić information content (AvgIpc) is 2.95. The van der Waals surface area contributed by atoms with E-state index in [1.165, 1.54) is 6.20 Å². The molecule has 0 radical (unpaired) electrons. The van der Waals surface area contributed by atoms with Crippen molar-refractivity contribution in [1.82, 2.24) is 15.1 Å². The maximum atomic E-state index is 12.7. The van der Waals surface area contributed by atoms with Gasteiger partial charge in [-0.05, 0) is 32.8 Å². The van der Waals surface area contributed by atoms with Gasteiger partial charge in [-0.25, -0.2) is 4.79 Å². The van der Waals surface area contributed by atoms with Gasteiger partial charge in [-0.3, -0.25) is 9.48 Å². The van der Waals surface area contributed by atoms with Crippen LogP contribution in [0.1, 0.15) is 54.8 Å². The molecule has 24 heavy (non-hydrogen) atoms. The minimum absolute atomic E-state index is 0.121. The molecule has 6 heteroatoms. The Kier molecular flexibility index (Phi) is 5.07. The van der Waals surface area contributed by atoms with E-state index in [2.05, 4.69) is 10.4 Å². The van der Waals surface area contributed by atoms with E-state index in [0.29, 0.717) is 16.8 Å². The first-order valence-corrected chi connectivity index (χ1v) is 7.99. The van der Waals surface area contributed by atoms with Crippen LogP contribution < -0.4 is 5.32 Å². The highest BCUT2D eigenvalue weighted by Gasteiger charge is 2.40. The van der Waals surface area contributed by atoms with Gasteiger partial charge in [0.25, 0.3) is 5.91 Å². The molecule has 1 heterocycles. The van der Waals surface area contributed by atoms with E-state index in [1.807, 2.05) is 19.9 Å². The first-order chi connectivity index (χ1) is 11.3. The molecule has 0 aliphatic rings. The van der Waals surface area contributed by atoms with Gasteiger partial charge in [-0.15, -0.1) is 0 Å². The molecule has 1 amide bonds. The molecule has 2 N–H and O–H groups in total. The van der Waals surface area contributed by atoms with Crippen LogP contribution in [-0.2, 0) is 10.3 Å². The zero-order chi connectivity index (χ0) is 17.9. The fourth-order valence-corrected chi connectivity index (χ4v) is 2.84. The van der Waals surface area contributed by atoms with Crippen molar-refractivity contribution in [3.8, 4) is 0 Å². The van der Waals surface area contributed by atoms with Crippen LogP contribution in [0.2, 0.25) is 0 Å². The number of rotatable bonds is 6. The van der Waals surface area contributed by atoms with Crippen molar-refractivity contribution in [3.05, 3.63) is 53.3 Å². The van der Waals surface area contributed by atoms with Crippen LogP contribution in [0.25, 0.3) is 0 Å². The van der Waals surface area contributed by atoms with Crippen LogP contribution in [0.15, 0.2) is 36.5 Å². The number of benzene rings is 1.